The van der Waals surface area contributed by atoms with Crippen LogP contribution in [0.2, 0.25) is 0 Å². The molecular formula is C9H14O2. The molecule has 0 N–H and O–H groups in total. The fourth-order valence-electron chi connectivity index (χ4n) is 1.30. The number of cyclic esters (lactones) is 1. The average molecular weight is 154 g/mol. The molecule has 0 aromatic carbocycles. The molecule has 0 bridgehead atoms. The zero-order valence-electron chi connectivity index (χ0n) is 6.71. The molecule has 2 nitrogen and oxygen atoms in total. The van der Waals surface area contributed by atoms with Gasteiger partial charge in [-0.2, -0.15) is 0 Å². The van der Waals surface area contributed by atoms with Crippen molar-refractivity contribution in [3.8, 4) is 0 Å². The van der Waals surface area contributed by atoms with E-state index in [-0.39, 0.29) is 12.1 Å². The van der Waals surface area contributed by atoms with Gasteiger partial charge in [0.25, 0.3) is 0 Å². The lowest BCUT2D eigenvalue weighted by Gasteiger charge is -2.11. The van der Waals surface area contributed by atoms with Gasteiger partial charge in [-0.1, -0.05) is 6.08 Å². The highest BCUT2D eigenvalue weighted by molar-refractivity contribution is 5.69. The SMILES string of the molecule is C=CC[C@H]1CCCCC(=O)O1. The Morgan fingerprint density at radius 1 is 1.64 bits per heavy atom. The monoisotopic (exact) mass is 154 g/mol. The number of esters is 1. The molecule has 0 amide bonds. The van der Waals surface area contributed by atoms with Crippen LogP contribution in [0.4, 0.5) is 0 Å². The van der Waals surface area contributed by atoms with Crippen molar-refractivity contribution in [2.24, 2.45) is 0 Å². The number of ether oxygens (including phenoxy) is 1. The Bertz CT molecular complexity index is 152. The van der Waals surface area contributed by atoms with Crippen LogP contribution in [-0.2, 0) is 9.53 Å². The fourth-order valence-corrected chi connectivity index (χ4v) is 1.30. The first-order valence-corrected chi connectivity index (χ1v) is 4.13. The second kappa shape index (κ2) is 4.16. The van der Waals surface area contributed by atoms with Crippen LogP contribution in [0.25, 0.3) is 0 Å². The molecule has 1 heterocycles. The van der Waals surface area contributed by atoms with Crippen LogP contribution in [0, 0.1) is 0 Å². The van der Waals surface area contributed by atoms with Crippen molar-refractivity contribution in [3.05, 3.63) is 12.7 Å². The quantitative estimate of drug-likeness (QED) is 0.449. The zero-order chi connectivity index (χ0) is 8.10. The maximum absolute atomic E-state index is 10.9. The Hall–Kier alpha value is -0.790. The van der Waals surface area contributed by atoms with Gasteiger partial charge in [-0.3, -0.25) is 4.79 Å². The van der Waals surface area contributed by atoms with Crippen LogP contribution in [0.1, 0.15) is 32.1 Å². The maximum Gasteiger partial charge on any atom is 0.306 e. The van der Waals surface area contributed by atoms with Crippen LogP contribution in [0.5, 0.6) is 0 Å². The van der Waals surface area contributed by atoms with Crippen LogP contribution < -0.4 is 0 Å². The van der Waals surface area contributed by atoms with Crippen molar-refractivity contribution < 1.29 is 9.53 Å². The smallest absolute Gasteiger partial charge is 0.306 e. The van der Waals surface area contributed by atoms with E-state index in [2.05, 4.69) is 6.58 Å². The number of carbonyl (C=O) groups is 1. The minimum absolute atomic E-state index is 0.0469. The highest BCUT2D eigenvalue weighted by atomic mass is 16.5. The Balaban J connectivity index is 2.38. The Labute approximate surface area is 67.2 Å². The van der Waals surface area contributed by atoms with Crippen LogP contribution >= 0.6 is 0 Å². The topological polar surface area (TPSA) is 26.3 Å². The highest BCUT2D eigenvalue weighted by Gasteiger charge is 2.16. The minimum Gasteiger partial charge on any atom is -0.462 e. The molecule has 0 aromatic heterocycles. The van der Waals surface area contributed by atoms with Crippen molar-refractivity contribution in [2.45, 2.75) is 38.2 Å². The van der Waals surface area contributed by atoms with Crippen molar-refractivity contribution in [1.29, 1.82) is 0 Å². The predicted octanol–water partition coefficient (Wildman–Crippen LogP) is 2.05. The third kappa shape index (κ3) is 2.74. The molecule has 0 radical (unpaired) electrons. The summed E-state index contributed by atoms with van der Waals surface area (Å²) in [7, 11) is 0. The molecular weight excluding hydrogens is 140 g/mol. The van der Waals surface area contributed by atoms with E-state index >= 15 is 0 Å². The number of rotatable bonds is 2. The molecule has 0 spiro atoms. The highest BCUT2D eigenvalue weighted by Crippen LogP contribution is 2.16. The molecule has 62 valence electrons. The summed E-state index contributed by atoms with van der Waals surface area (Å²) < 4.78 is 5.14. The Morgan fingerprint density at radius 3 is 3.18 bits per heavy atom. The Kier molecular flexibility index (Phi) is 3.14. The van der Waals surface area contributed by atoms with Gasteiger partial charge >= 0.3 is 5.97 Å². The number of hydrogen-bond donors (Lipinski definition) is 0. The Morgan fingerprint density at radius 2 is 2.45 bits per heavy atom. The zero-order valence-corrected chi connectivity index (χ0v) is 6.71. The largest absolute Gasteiger partial charge is 0.462 e. The summed E-state index contributed by atoms with van der Waals surface area (Å²) in [5, 5.41) is 0. The molecule has 1 saturated heterocycles. The van der Waals surface area contributed by atoms with Crippen LogP contribution in [0.3, 0.4) is 0 Å². The summed E-state index contributed by atoms with van der Waals surface area (Å²) in [6.45, 7) is 3.62. The minimum atomic E-state index is -0.0469. The van der Waals surface area contributed by atoms with Crippen molar-refractivity contribution in [1.82, 2.24) is 0 Å². The first-order valence-electron chi connectivity index (χ1n) is 4.13. The molecule has 1 aliphatic rings. The van der Waals surface area contributed by atoms with E-state index in [4.69, 9.17) is 4.74 Å². The van der Waals surface area contributed by atoms with Gasteiger partial charge in [0.2, 0.25) is 0 Å². The van der Waals surface area contributed by atoms with Gasteiger partial charge in [0.1, 0.15) is 6.10 Å². The first kappa shape index (κ1) is 8.31. The van der Waals surface area contributed by atoms with E-state index in [1.807, 2.05) is 6.08 Å². The summed E-state index contributed by atoms with van der Waals surface area (Å²) in [6.07, 6.45) is 6.37. The van der Waals surface area contributed by atoms with Gasteiger partial charge in [-0.15, -0.1) is 6.58 Å². The van der Waals surface area contributed by atoms with Crippen LogP contribution in [0.15, 0.2) is 12.7 Å². The van der Waals surface area contributed by atoms with E-state index in [9.17, 15) is 4.79 Å². The van der Waals surface area contributed by atoms with Crippen molar-refractivity contribution in [2.75, 3.05) is 0 Å². The predicted molar refractivity (Wildman–Crippen MR) is 43.2 cm³/mol. The van der Waals surface area contributed by atoms with Gasteiger partial charge in [-0.05, 0) is 19.3 Å². The second-order valence-electron chi connectivity index (χ2n) is 2.88. The van der Waals surface area contributed by atoms with E-state index in [1.165, 1.54) is 0 Å². The molecule has 1 rings (SSSR count). The molecule has 0 aliphatic carbocycles. The lowest BCUT2D eigenvalue weighted by molar-refractivity contribution is -0.147. The van der Waals surface area contributed by atoms with E-state index in [1.54, 1.807) is 0 Å². The molecule has 1 fully saturated rings. The summed E-state index contributed by atoms with van der Waals surface area (Å²) >= 11 is 0. The van der Waals surface area contributed by atoms with Crippen molar-refractivity contribution in [3.63, 3.8) is 0 Å². The van der Waals surface area contributed by atoms with Gasteiger partial charge in [-0.25, -0.2) is 0 Å². The van der Waals surface area contributed by atoms with E-state index in [0.717, 1.165) is 25.7 Å². The second-order valence-corrected chi connectivity index (χ2v) is 2.88. The molecule has 2 heteroatoms. The maximum atomic E-state index is 10.9. The number of carbonyl (C=O) groups excluding carboxylic acids is 1. The summed E-state index contributed by atoms with van der Waals surface area (Å²) in [5.74, 6) is -0.0469. The lowest BCUT2D eigenvalue weighted by atomic mass is 10.1. The molecule has 0 unspecified atom stereocenters. The van der Waals surface area contributed by atoms with Crippen molar-refractivity contribution >= 4 is 5.97 Å². The first-order chi connectivity index (χ1) is 5.33. The number of hydrogen-bond acceptors (Lipinski definition) is 2. The molecule has 0 saturated carbocycles. The molecule has 1 aliphatic heterocycles. The normalized spacial score (nSPS) is 25.5. The van der Waals surface area contributed by atoms with Crippen LogP contribution in [-0.4, -0.2) is 12.1 Å². The fraction of sp³-hybridized carbons (Fsp3) is 0.667. The molecule has 0 aromatic rings. The summed E-state index contributed by atoms with van der Waals surface area (Å²) in [5.41, 5.74) is 0. The van der Waals surface area contributed by atoms with Gasteiger partial charge < -0.3 is 4.74 Å². The third-order valence-electron chi connectivity index (χ3n) is 1.88. The summed E-state index contributed by atoms with van der Waals surface area (Å²) in [4.78, 5) is 10.9. The van der Waals surface area contributed by atoms with E-state index in [0.29, 0.717) is 6.42 Å². The van der Waals surface area contributed by atoms with Gasteiger partial charge in [0.05, 0.1) is 0 Å². The third-order valence-corrected chi connectivity index (χ3v) is 1.88. The van der Waals surface area contributed by atoms with Gasteiger partial charge in [0.15, 0.2) is 0 Å². The average Bonchev–Trinajstić information content (AvgIpc) is 2.15. The molecule has 11 heavy (non-hydrogen) atoms. The summed E-state index contributed by atoms with van der Waals surface area (Å²) in [6, 6.07) is 0. The van der Waals surface area contributed by atoms with Gasteiger partial charge in [0, 0.05) is 12.8 Å². The standard InChI is InChI=1S/C9H14O2/c1-2-5-8-6-3-4-7-9(10)11-8/h2,8H,1,3-7H2/t8-/m0/s1. The molecule has 1 atom stereocenters. The van der Waals surface area contributed by atoms with E-state index < -0.39 is 0 Å². The lowest BCUT2D eigenvalue weighted by Crippen LogP contribution is -2.13.